The van der Waals surface area contributed by atoms with Gasteiger partial charge >= 0.3 is 5.69 Å². The molecule has 0 spiro atoms. The molecule has 1 amide bonds. The fraction of sp³-hybridized carbons (Fsp3) is 0.450. The van der Waals surface area contributed by atoms with Gasteiger partial charge in [-0.2, -0.15) is 0 Å². The molecule has 1 aliphatic rings. The summed E-state index contributed by atoms with van der Waals surface area (Å²) < 4.78 is 1.18. The van der Waals surface area contributed by atoms with Crippen molar-refractivity contribution in [1.29, 1.82) is 0 Å². The summed E-state index contributed by atoms with van der Waals surface area (Å²) in [5.74, 6) is 0.451. The standard InChI is InChI=1S/C20H26N4O3/c1-15-5-4-9-23(12-15)13-17-7-3-2-6-16(17)11-21-19(26)14-24-10-8-18(25)22-20(24)27/h2-3,6-8,10,15H,4-5,9,11-14H2,1H3,(H,21,26)(H,22,25,27)/t15-/m0/s1. The largest absolute Gasteiger partial charge is 0.350 e. The van der Waals surface area contributed by atoms with Crippen LogP contribution in [0.1, 0.15) is 30.9 Å². The van der Waals surface area contributed by atoms with Gasteiger partial charge in [-0.15, -0.1) is 0 Å². The Bertz CT molecular complexity index is 902. The van der Waals surface area contributed by atoms with Crippen LogP contribution in [0.5, 0.6) is 0 Å². The van der Waals surface area contributed by atoms with E-state index in [0.29, 0.717) is 6.54 Å². The molecule has 7 heteroatoms. The van der Waals surface area contributed by atoms with E-state index in [2.05, 4.69) is 28.2 Å². The second-order valence-corrected chi connectivity index (χ2v) is 7.27. The van der Waals surface area contributed by atoms with E-state index in [1.165, 1.54) is 35.2 Å². The molecule has 1 atom stereocenters. The Balaban J connectivity index is 1.59. The number of nitrogens with one attached hydrogen (secondary N) is 2. The summed E-state index contributed by atoms with van der Waals surface area (Å²) >= 11 is 0. The van der Waals surface area contributed by atoms with Crippen LogP contribution in [0.4, 0.5) is 0 Å². The van der Waals surface area contributed by atoms with Crippen molar-refractivity contribution >= 4 is 5.91 Å². The maximum atomic E-state index is 12.2. The lowest BCUT2D eigenvalue weighted by molar-refractivity contribution is -0.121. The lowest BCUT2D eigenvalue weighted by atomic mass is 9.99. The van der Waals surface area contributed by atoms with E-state index in [9.17, 15) is 14.4 Å². The van der Waals surface area contributed by atoms with E-state index >= 15 is 0 Å². The molecule has 2 heterocycles. The van der Waals surface area contributed by atoms with Gasteiger partial charge < -0.3 is 5.32 Å². The molecule has 0 aliphatic carbocycles. The maximum Gasteiger partial charge on any atom is 0.328 e. The molecule has 1 aromatic heterocycles. The first kappa shape index (κ1) is 19.1. The molecule has 1 saturated heterocycles. The van der Waals surface area contributed by atoms with Crippen LogP contribution in [0.2, 0.25) is 0 Å². The van der Waals surface area contributed by atoms with Gasteiger partial charge in [0.25, 0.3) is 5.56 Å². The molecule has 0 unspecified atom stereocenters. The van der Waals surface area contributed by atoms with Crippen molar-refractivity contribution in [2.75, 3.05) is 13.1 Å². The summed E-state index contributed by atoms with van der Waals surface area (Å²) in [5, 5.41) is 2.87. The molecule has 0 radical (unpaired) electrons. The van der Waals surface area contributed by atoms with Crippen molar-refractivity contribution in [2.45, 2.75) is 39.4 Å². The fourth-order valence-corrected chi connectivity index (χ4v) is 3.53. The van der Waals surface area contributed by atoms with E-state index in [1.54, 1.807) is 0 Å². The summed E-state index contributed by atoms with van der Waals surface area (Å²) in [6.45, 7) is 5.68. The van der Waals surface area contributed by atoms with Crippen LogP contribution in [-0.2, 0) is 24.4 Å². The van der Waals surface area contributed by atoms with Crippen molar-refractivity contribution in [1.82, 2.24) is 19.8 Å². The third-order valence-corrected chi connectivity index (χ3v) is 4.94. The highest BCUT2D eigenvalue weighted by Crippen LogP contribution is 2.19. The number of hydrogen-bond donors (Lipinski definition) is 2. The number of benzene rings is 1. The summed E-state index contributed by atoms with van der Waals surface area (Å²) in [6, 6.07) is 9.34. The first-order valence-corrected chi connectivity index (χ1v) is 9.37. The molecule has 0 bridgehead atoms. The molecule has 144 valence electrons. The van der Waals surface area contributed by atoms with Crippen molar-refractivity contribution in [3.63, 3.8) is 0 Å². The number of carbonyl (C=O) groups excluding carboxylic acids is 1. The van der Waals surface area contributed by atoms with Gasteiger partial charge in [-0.25, -0.2) is 4.79 Å². The van der Waals surface area contributed by atoms with Crippen LogP contribution in [0.25, 0.3) is 0 Å². The average Bonchev–Trinajstić information content (AvgIpc) is 2.63. The Hall–Kier alpha value is -2.67. The molecule has 2 aromatic rings. The van der Waals surface area contributed by atoms with Gasteiger partial charge in [-0.3, -0.25) is 24.0 Å². The van der Waals surface area contributed by atoms with Crippen LogP contribution in [0.15, 0.2) is 46.1 Å². The SMILES string of the molecule is C[C@H]1CCCN(Cc2ccccc2CNC(=O)Cn2ccc(=O)[nH]c2=O)C1. The summed E-state index contributed by atoms with van der Waals surface area (Å²) in [4.78, 5) is 39.6. The zero-order chi connectivity index (χ0) is 19.2. The van der Waals surface area contributed by atoms with E-state index in [0.717, 1.165) is 31.1 Å². The number of rotatable bonds is 6. The van der Waals surface area contributed by atoms with E-state index < -0.39 is 11.2 Å². The zero-order valence-corrected chi connectivity index (χ0v) is 15.6. The Morgan fingerprint density at radius 2 is 2.00 bits per heavy atom. The number of H-pyrrole nitrogens is 1. The van der Waals surface area contributed by atoms with Gasteiger partial charge in [0.05, 0.1) is 0 Å². The normalized spacial score (nSPS) is 17.6. The van der Waals surface area contributed by atoms with Crippen molar-refractivity contribution in [2.24, 2.45) is 5.92 Å². The van der Waals surface area contributed by atoms with E-state index in [-0.39, 0.29) is 12.5 Å². The maximum absolute atomic E-state index is 12.2. The van der Waals surface area contributed by atoms with Gasteiger partial charge in [0.15, 0.2) is 0 Å². The summed E-state index contributed by atoms with van der Waals surface area (Å²) in [5.41, 5.74) is 1.24. The monoisotopic (exact) mass is 370 g/mol. The number of amides is 1. The van der Waals surface area contributed by atoms with E-state index in [1.807, 2.05) is 18.2 Å². The third kappa shape index (κ3) is 5.40. The topological polar surface area (TPSA) is 87.2 Å². The van der Waals surface area contributed by atoms with Gasteiger partial charge in [-0.05, 0) is 36.4 Å². The van der Waals surface area contributed by atoms with Crippen molar-refractivity contribution in [3.05, 3.63) is 68.5 Å². The first-order chi connectivity index (χ1) is 13.0. The van der Waals surface area contributed by atoms with E-state index in [4.69, 9.17) is 0 Å². The number of carbonyl (C=O) groups is 1. The van der Waals surface area contributed by atoms with Crippen molar-refractivity contribution < 1.29 is 4.79 Å². The minimum Gasteiger partial charge on any atom is -0.350 e. The quantitative estimate of drug-likeness (QED) is 0.797. The smallest absolute Gasteiger partial charge is 0.328 e. The number of likely N-dealkylation sites (tertiary alicyclic amines) is 1. The predicted molar refractivity (Wildman–Crippen MR) is 103 cm³/mol. The second kappa shape index (κ2) is 8.81. The molecule has 27 heavy (non-hydrogen) atoms. The Morgan fingerprint density at radius 3 is 2.74 bits per heavy atom. The number of aromatic nitrogens is 2. The number of nitrogens with zero attached hydrogens (tertiary/aromatic N) is 2. The van der Waals surface area contributed by atoms with Crippen LogP contribution in [-0.4, -0.2) is 33.4 Å². The molecule has 3 rings (SSSR count). The van der Waals surface area contributed by atoms with Crippen molar-refractivity contribution in [3.8, 4) is 0 Å². The second-order valence-electron chi connectivity index (χ2n) is 7.27. The molecule has 1 aliphatic heterocycles. The highest BCUT2D eigenvalue weighted by atomic mass is 16.2. The predicted octanol–water partition coefficient (Wildman–Crippen LogP) is 1.08. The Kier molecular flexibility index (Phi) is 6.24. The minimum absolute atomic E-state index is 0.124. The Labute approximate surface area is 158 Å². The number of hydrogen-bond acceptors (Lipinski definition) is 4. The van der Waals surface area contributed by atoms with Gasteiger partial charge in [0, 0.05) is 31.9 Å². The summed E-state index contributed by atoms with van der Waals surface area (Å²) in [7, 11) is 0. The van der Waals surface area contributed by atoms with Crippen LogP contribution < -0.4 is 16.6 Å². The summed E-state index contributed by atoms with van der Waals surface area (Å²) in [6.07, 6.45) is 3.85. The third-order valence-electron chi connectivity index (χ3n) is 4.94. The molecule has 0 saturated carbocycles. The lowest BCUT2D eigenvalue weighted by Crippen LogP contribution is -2.36. The van der Waals surface area contributed by atoms with Gasteiger partial charge in [-0.1, -0.05) is 31.2 Å². The molecule has 2 N–H and O–H groups in total. The molecular formula is C20H26N4O3. The fourth-order valence-electron chi connectivity index (χ4n) is 3.53. The highest BCUT2D eigenvalue weighted by Gasteiger charge is 2.17. The first-order valence-electron chi connectivity index (χ1n) is 9.37. The average molecular weight is 370 g/mol. The Morgan fingerprint density at radius 1 is 1.22 bits per heavy atom. The van der Waals surface area contributed by atoms with Gasteiger partial charge in [0.1, 0.15) is 6.54 Å². The minimum atomic E-state index is -0.586. The molecule has 7 nitrogen and oxygen atoms in total. The number of piperidine rings is 1. The van der Waals surface area contributed by atoms with Crippen LogP contribution >= 0.6 is 0 Å². The zero-order valence-electron chi connectivity index (χ0n) is 15.6. The highest BCUT2D eigenvalue weighted by molar-refractivity contribution is 5.75. The van der Waals surface area contributed by atoms with Crippen LogP contribution in [0, 0.1) is 5.92 Å². The molecule has 1 aromatic carbocycles. The van der Waals surface area contributed by atoms with Gasteiger partial charge in [0.2, 0.25) is 5.91 Å². The molecule has 1 fully saturated rings. The van der Waals surface area contributed by atoms with Crippen LogP contribution in [0.3, 0.4) is 0 Å². The number of aromatic amines is 1. The lowest BCUT2D eigenvalue weighted by Gasteiger charge is -2.31. The molecular weight excluding hydrogens is 344 g/mol.